The third-order valence-corrected chi connectivity index (χ3v) is 8.62. The lowest BCUT2D eigenvalue weighted by Crippen LogP contribution is -2.58. The molecule has 43 heavy (non-hydrogen) atoms. The number of hydrogen-bond acceptors (Lipinski definition) is 7. The van der Waals surface area contributed by atoms with Crippen molar-refractivity contribution in [1.29, 1.82) is 0 Å². The van der Waals surface area contributed by atoms with Crippen molar-refractivity contribution >= 4 is 45.1 Å². The molecular weight excluding hydrogens is 576 g/mol. The number of piperazine rings is 1. The molecule has 0 unspecified atom stereocenters. The normalized spacial score (nSPS) is 20.4. The van der Waals surface area contributed by atoms with Crippen molar-refractivity contribution in [3.63, 3.8) is 0 Å². The van der Waals surface area contributed by atoms with Crippen molar-refractivity contribution in [3.8, 4) is 17.1 Å². The second-order valence-corrected chi connectivity index (χ2v) is 12.3. The molecule has 6 rings (SSSR count). The van der Waals surface area contributed by atoms with E-state index < -0.39 is 11.5 Å². The molecule has 2 aliphatic heterocycles. The number of carbonyl (C=O) groups is 1. The summed E-state index contributed by atoms with van der Waals surface area (Å²) >= 11 is 6.88. The van der Waals surface area contributed by atoms with Crippen LogP contribution < -0.4 is 9.64 Å². The number of anilines is 1. The van der Waals surface area contributed by atoms with E-state index >= 15 is 4.39 Å². The van der Waals surface area contributed by atoms with Gasteiger partial charge in [0.15, 0.2) is 5.82 Å². The number of nitrogens with zero attached hydrogens (tertiary/aromatic N) is 6. The number of aromatic amines is 1. The van der Waals surface area contributed by atoms with Crippen LogP contribution in [0.15, 0.2) is 37.1 Å². The Morgan fingerprint density at radius 1 is 1.21 bits per heavy atom. The van der Waals surface area contributed by atoms with Crippen molar-refractivity contribution in [1.82, 2.24) is 30.0 Å². The molecule has 0 radical (unpaired) electrons. The van der Waals surface area contributed by atoms with Gasteiger partial charge in [0, 0.05) is 66.7 Å². The molecule has 2 atom stereocenters. The highest BCUT2D eigenvalue weighted by Crippen LogP contribution is 2.43. The smallest absolute Gasteiger partial charge is 0.319 e. The molecule has 2 saturated heterocycles. The van der Waals surface area contributed by atoms with E-state index in [-0.39, 0.29) is 46.7 Å². The lowest BCUT2D eigenvalue weighted by atomic mass is 9.95. The standard InChI is InChI=1S/C31H34ClF2N7O2/c1-6-24(42)40-13-18(3)41(19(4)14-40)29-20-11-22(32)26(25-17(2)7-8-23-21(25)12-35-38-23)27(33)28(20)36-30(37-29)43-10-9-39-15-31(5,34)16-39/h6-8,11-12,18-19H,1,9-10,13-16H2,2-5H3,(H,35,38)/t18-,19+. The number of aryl methyl sites for hydroxylation is 1. The Morgan fingerprint density at radius 3 is 2.60 bits per heavy atom. The maximum Gasteiger partial charge on any atom is 0.319 e. The number of amides is 1. The number of ether oxygens (including phenoxy) is 1. The van der Waals surface area contributed by atoms with Crippen molar-refractivity contribution in [2.45, 2.75) is 45.4 Å². The lowest BCUT2D eigenvalue weighted by molar-refractivity contribution is -0.127. The zero-order valence-electron chi connectivity index (χ0n) is 24.6. The molecule has 2 aliphatic rings. The Kier molecular flexibility index (Phi) is 7.50. The maximum atomic E-state index is 16.8. The Morgan fingerprint density at radius 2 is 1.93 bits per heavy atom. The van der Waals surface area contributed by atoms with Gasteiger partial charge in [-0.25, -0.2) is 8.78 Å². The van der Waals surface area contributed by atoms with Crippen LogP contribution in [-0.4, -0.2) is 93.0 Å². The van der Waals surface area contributed by atoms with E-state index in [1.54, 1.807) is 24.1 Å². The minimum absolute atomic E-state index is 0.0143. The summed E-state index contributed by atoms with van der Waals surface area (Å²) in [7, 11) is 0. The van der Waals surface area contributed by atoms with Crippen molar-refractivity contribution in [2.75, 3.05) is 44.2 Å². The van der Waals surface area contributed by atoms with Gasteiger partial charge in [0.2, 0.25) is 5.91 Å². The lowest BCUT2D eigenvalue weighted by Gasteiger charge is -2.45. The number of fused-ring (bicyclic) bond motifs is 2. The number of halogens is 3. The number of H-pyrrole nitrogens is 1. The largest absolute Gasteiger partial charge is 0.462 e. The van der Waals surface area contributed by atoms with Crippen LogP contribution in [-0.2, 0) is 4.79 Å². The van der Waals surface area contributed by atoms with Gasteiger partial charge in [-0.1, -0.05) is 24.2 Å². The highest BCUT2D eigenvalue weighted by atomic mass is 35.5. The molecule has 2 aromatic heterocycles. The van der Waals surface area contributed by atoms with Crippen molar-refractivity contribution in [3.05, 3.63) is 53.5 Å². The molecule has 0 bridgehead atoms. The van der Waals surface area contributed by atoms with E-state index in [4.69, 9.17) is 21.3 Å². The topological polar surface area (TPSA) is 90.5 Å². The van der Waals surface area contributed by atoms with Crippen LogP contribution in [0, 0.1) is 12.7 Å². The maximum absolute atomic E-state index is 16.8. The molecule has 0 spiro atoms. The molecule has 4 aromatic rings. The fraction of sp³-hybridized carbons (Fsp3) is 0.419. The molecule has 2 aromatic carbocycles. The summed E-state index contributed by atoms with van der Waals surface area (Å²) in [6, 6.07) is 5.18. The van der Waals surface area contributed by atoms with Gasteiger partial charge in [0.05, 0.1) is 16.7 Å². The van der Waals surface area contributed by atoms with Crippen molar-refractivity contribution < 1.29 is 18.3 Å². The summed E-state index contributed by atoms with van der Waals surface area (Å²) in [6.45, 7) is 13.3. The molecule has 226 valence electrons. The predicted octanol–water partition coefficient (Wildman–Crippen LogP) is 5.31. The van der Waals surface area contributed by atoms with E-state index in [1.807, 2.05) is 37.8 Å². The first-order valence-electron chi connectivity index (χ1n) is 14.3. The molecule has 1 amide bonds. The molecule has 0 aliphatic carbocycles. The van der Waals surface area contributed by atoms with Gasteiger partial charge in [-0.2, -0.15) is 15.1 Å². The van der Waals surface area contributed by atoms with Crippen LogP contribution in [0.3, 0.4) is 0 Å². The second kappa shape index (κ2) is 11.0. The average Bonchev–Trinajstić information content (AvgIpc) is 3.42. The van der Waals surface area contributed by atoms with E-state index in [0.29, 0.717) is 49.5 Å². The van der Waals surface area contributed by atoms with E-state index in [2.05, 4.69) is 26.7 Å². The Balaban J connectivity index is 1.46. The fourth-order valence-corrected chi connectivity index (χ4v) is 6.76. The van der Waals surface area contributed by atoms with Crippen LogP contribution in [0.5, 0.6) is 6.01 Å². The number of rotatable bonds is 7. The molecule has 1 N–H and O–H groups in total. The summed E-state index contributed by atoms with van der Waals surface area (Å²) in [5.41, 5.74) is 1.32. The van der Waals surface area contributed by atoms with Gasteiger partial charge < -0.3 is 14.5 Å². The molecule has 0 saturated carbocycles. The Labute approximate surface area is 253 Å². The Hall–Kier alpha value is -3.83. The van der Waals surface area contributed by atoms with E-state index in [0.717, 1.165) is 16.5 Å². The molecule has 9 nitrogen and oxygen atoms in total. The number of alkyl halides is 1. The van der Waals surface area contributed by atoms with Crippen LogP contribution >= 0.6 is 11.6 Å². The van der Waals surface area contributed by atoms with E-state index in [1.165, 1.54) is 6.08 Å². The quantitative estimate of drug-likeness (QED) is 0.284. The monoisotopic (exact) mass is 609 g/mol. The van der Waals surface area contributed by atoms with Gasteiger partial charge in [0.25, 0.3) is 0 Å². The van der Waals surface area contributed by atoms with Gasteiger partial charge in [-0.3, -0.25) is 14.8 Å². The van der Waals surface area contributed by atoms with Crippen LogP contribution in [0.2, 0.25) is 5.02 Å². The highest BCUT2D eigenvalue weighted by molar-refractivity contribution is 6.35. The number of nitrogens with one attached hydrogen (secondary N) is 1. The number of likely N-dealkylation sites (tertiary alicyclic amines) is 1. The van der Waals surface area contributed by atoms with Crippen LogP contribution in [0.25, 0.3) is 32.9 Å². The summed E-state index contributed by atoms with van der Waals surface area (Å²) in [4.78, 5) is 27.5. The second-order valence-electron chi connectivity index (χ2n) is 11.9. The van der Waals surface area contributed by atoms with Gasteiger partial charge in [0.1, 0.15) is 23.6 Å². The fourth-order valence-electron chi connectivity index (χ4n) is 6.47. The summed E-state index contributed by atoms with van der Waals surface area (Å²) in [5.74, 6) is -0.270. The minimum atomic E-state index is -1.19. The zero-order chi connectivity index (χ0) is 30.6. The number of hydrogen-bond donors (Lipinski definition) is 1. The Bertz CT molecular complexity index is 1720. The number of benzene rings is 2. The van der Waals surface area contributed by atoms with Crippen molar-refractivity contribution in [2.24, 2.45) is 0 Å². The zero-order valence-corrected chi connectivity index (χ0v) is 25.4. The van der Waals surface area contributed by atoms with Crippen LogP contribution in [0.4, 0.5) is 14.6 Å². The molecular formula is C31H34ClF2N7O2. The minimum Gasteiger partial charge on any atom is -0.462 e. The summed E-state index contributed by atoms with van der Waals surface area (Å²) in [5, 5.41) is 8.48. The molecule has 2 fully saturated rings. The number of carbonyl (C=O) groups excluding carboxylic acids is 1. The average molecular weight is 610 g/mol. The summed E-state index contributed by atoms with van der Waals surface area (Å²) < 4.78 is 36.7. The third-order valence-electron chi connectivity index (χ3n) is 8.32. The first-order chi connectivity index (χ1) is 20.5. The third kappa shape index (κ3) is 5.29. The number of aromatic nitrogens is 4. The highest BCUT2D eigenvalue weighted by Gasteiger charge is 2.38. The van der Waals surface area contributed by atoms with Gasteiger partial charge >= 0.3 is 6.01 Å². The van der Waals surface area contributed by atoms with Gasteiger partial charge in [-0.05, 0) is 51.5 Å². The van der Waals surface area contributed by atoms with Gasteiger partial charge in [-0.15, -0.1) is 0 Å². The SMILES string of the molecule is C=CC(=O)N1C[C@@H](C)N(c2nc(OCCN3CC(C)(F)C3)nc3c(F)c(-c4c(C)ccc5[nH]ncc45)c(Cl)cc23)[C@@H](C)C1. The van der Waals surface area contributed by atoms with E-state index in [9.17, 15) is 9.18 Å². The summed E-state index contributed by atoms with van der Waals surface area (Å²) in [6.07, 6.45) is 2.97. The van der Waals surface area contributed by atoms with Crippen LogP contribution in [0.1, 0.15) is 26.3 Å². The first kappa shape index (κ1) is 29.3. The molecule has 12 heteroatoms. The first-order valence-corrected chi connectivity index (χ1v) is 14.7. The molecule has 4 heterocycles. The predicted molar refractivity (Wildman–Crippen MR) is 164 cm³/mol.